The summed E-state index contributed by atoms with van der Waals surface area (Å²) in [5.41, 5.74) is 1.36. The number of nitrogens with one attached hydrogen (secondary N) is 1. The average molecular weight is 345 g/mol. The molecule has 0 atom stereocenters. The van der Waals surface area contributed by atoms with Crippen LogP contribution in [0.25, 0.3) is 0 Å². The molecule has 5 nitrogen and oxygen atoms in total. The number of Topliss-reactive ketones (excluding diaryl/α,β-unsaturated/α-hetero) is 1. The predicted molar refractivity (Wildman–Crippen MR) is 88.9 cm³/mol. The van der Waals surface area contributed by atoms with Crippen LogP contribution in [0.2, 0.25) is 0 Å². The lowest BCUT2D eigenvalue weighted by molar-refractivity contribution is -0.116. The number of hydrogen-bond acceptors (Lipinski definition) is 4. The molecule has 0 unspecified atom stereocenters. The molecule has 1 aliphatic carbocycles. The largest absolute Gasteiger partial charge is 0.326 e. The van der Waals surface area contributed by atoms with E-state index in [0.29, 0.717) is 24.6 Å². The van der Waals surface area contributed by atoms with Crippen LogP contribution in [0.3, 0.4) is 0 Å². The second kappa shape index (κ2) is 6.05. The molecular weight excluding hydrogens is 329 g/mol. The lowest BCUT2D eigenvalue weighted by Gasteiger charge is -2.18. The van der Waals surface area contributed by atoms with Gasteiger partial charge in [-0.1, -0.05) is 11.8 Å². The Labute approximate surface area is 142 Å². The van der Waals surface area contributed by atoms with Gasteiger partial charge in [0, 0.05) is 30.5 Å². The maximum absolute atomic E-state index is 14.2. The molecular formula is C17H16FN3O2S. The van der Waals surface area contributed by atoms with Crippen molar-refractivity contribution in [2.45, 2.75) is 36.9 Å². The van der Waals surface area contributed by atoms with E-state index in [1.165, 1.54) is 17.8 Å². The van der Waals surface area contributed by atoms with E-state index >= 15 is 0 Å². The van der Waals surface area contributed by atoms with E-state index in [1.807, 2.05) is 6.20 Å². The zero-order chi connectivity index (χ0) is 16.7. The van der Waals surface area contributed by atoms with Crippen LogP contribution in [0.5, 0.6) is 0 Å². The molecule has 1 aromatic heterocycles. The van der Waals surface area contributed by atoms with Crippen molar-refractivity contribution in [3.05, 3.63) is 41.5 Å². The van der Waals surface area contributed by atoms with Crippen molar-refractivity contribution >= 4 is 29.1 Å². The second-order valence-corrected chi connectivity index (χ2v) is 7.04. The molecule has 1 fully saturated rings. The van der Waals surface area contributed by atoms with Crippen LogP contribution in [0.15, 0.2) is 29.7 Å². The molecule has 7 heteroatoms. The summed E-state index contributed by atoms with van der Waals surface area (Å²) in [6.07, 6.45) is 6.83. The van der Waals surface area contributed by atoms with Crippen LogP contribution in [-0.2, 0) is 11.2 Å². The van der Waals surface area contributed by atoms with Gasteiger partial charge in [0.25, 0.3) is 0 Å². The molecule has 2 aliphatic rings. The third kappa shape index (κ3) is 2.96. The smallest absolute Gasteiger partial charge is 0.224 e. The molecule has 2 heterocycles. The number of aromatic nitrogens is 2. The van der Waals surface area contributed by atoms with Crippen LogP contribution < -0.4 is 5.32 Å². The number of thioether (sulfide) groups is 1. The number of nitrogens with zero attached hydrogens (tertiary/aromatic N) is 2. The molecule has 1 aromatic carbocycles. The van der Waals surface area contributed by atoms with Crippen LogP contribution in [-0.4, -0.2) is 27.0 Å². The van der Waals surface area contributed by atoms with Gasteiger partial charge >= 0.3 is 0 Å². The monoisotopic (exact) mass is 345 g/mol. The van der Waals surface area contributed by atoms with Crippen molar-refractivity contribution in [2.75, 3.05) is 11.1 Å². The van der Waals surface area contributed by atoms with Crippen molar-refractivity contribution in [1.82, 2.24) is 9.55 Å². The number of carbonyl (C=O) groups is 2. The lowest BCUT2D eigenvalue weighted by Crippen LogP contribution is -2.20. The Morgan fingerprint density at radius 1 is 1.38 bits per heavy atom. The van der Waals surface area contributed by atoms with Crippen molar-refractivity contribution in [1.29, 1.82) is 0 Å². The Bertz CT molecular complexity index is 829. The molecule has 0 radical (unpaired) electrons. The van der Waals surface area contributed by atoms with Crippen molar-refractivity contribution in [3.8, 4) is 0 Å². The molecule has 0 saturated heterocycles. The van der Waals surface area contributed by atoms with Crippen LogP contribution in [0.4, 0.5) is 10.1 Å². The van der Waals surface area contributed by atoms with E-state index in [0.717, 1.165) is 23.6 Å². The third-order valence-electron chi connectivity index (χ3n) is 4.29. The maximum Gasteiger partial charge on any atom is 0.224 e. The van der Waals surface area contributed by atoms with Gasteiger partial charge in [-0.25, -0.2) is 9.37 Å². The summed E-state index contributed by atoms with van der Waals surface area (Å²) in [7, 11) is 0. The Hall–Kier alpha value is -2.15. The van der Waals surface area contributed by atoms with E-state index in [4.69, 9.17) is 0 Å². The van der Waals surface area contributed by atoms with E-state index in [-0.39, 0.29) is 23.0 Å². The second-order valence-electron chi connectivity index (χ2n) is 6.10. The van der Waals surface area contributed by atoms with Gasteiger partial charge in [-0.2, -0.15) is 0 Å². The van der Waals surface area contributed by atoms with Gasteiger partial charge in [0.15, 0.2) is 10.9 Å². The number of anilines is 1. The van der Waals surface area contributed by atoms with E-state index in [1.54, 1.807) is 12.3 Å². The predicted octanol–water partition coefficient (Wildman–Crippen LogP) is 3.22. The zero-order valence-corrected chi connectivity index (χ0v) is 13.7. The van der Waals surface area contributed by atoms with Crippen LogP contribution in [0.1, 0.15) is 41.2 Å². The minimum Gasteiger partial charge on any atom is -0.326 e. The first-order valence-corrected chi connectivity index (χ1v) is 8.91. The number of benzene rings is 1. The Morgan fingerprint density at radius 3 is 3.00 bits per heavy atom. The first-order valence-electron chi connectivity index (χ1n) is 7.93. The van der Waals surface area contributed by atoms with Gasteiger partial charge < -0.3 is 9.88 Å². The molecule has 2 aromatic rings. The van der Waals surface area contributed by atoms with Crippen molar-refractivity contribution in [3.63, 3.8) is 0 Å². The fraction of sp³-hybridized carbons (Fsp3) is 0.353. The normalized spacial score (nSPS) is 16.6. The summed E-state index contributed by atoms with van der Waals surface area (Å²) in [5.74, 6) is -0.829. The minimum absolute atomic E-state index is 0.0851. The van der Waals surface area contributed by atoms with Gasteiger partial charge in [-0.15, -0.1) is 0 Å². The minimum atomic E-state index is -0.591. The zero-order valence-electron chi connectivity index (χ0n) is 12.9. The van der Waals surface area contributed by atoms with Crippen LogP contribution >= 0.6 is 11.8 Å². The third-order valence-corrected chi connectivity index (χ3v) is 5.28. The molecule has 1 aliphatic heterocycles. The van der Waals surface area contributed by atoms with Gasteiger partial charge in [-0.3, -0.25) is 9.59 Å². The Balaban J connectivity index is 1.50. The first kappa shape index (κ1) is 15.4. The highest BCUT2D eigenvalue weighted by Gasteiger charge is 2.26. The molecule has 124 valence electrons. The fourth-order valence-electron chi connectivity index (χ4n) is 2.87. The summed E-state index contributed by atoms with van der Waals surface area (Å²) in [6, 6.07) is 3.31. The number of rotatable bonds is 5. The number of aryl methyl sites for hydroxylation is 1. The SMILES string of the molecule is O=C1CCc2cc(C(=O)CSc3nccn3C3CC3)c(F)cc2N1. The van der Waals surface area contributed by atoms with Gasteiger partial charge in [0.1, 0.15) is 5.82 Å². The maximum atomic E-state index is 14.2. The summed E-state index contributed by atoms with van der Waals surface area (Å²) in [4.78, 5) is 28.1. The summed E-state index contributed by atoms with van der Waals surface area (Å²) in [6.45, 7) is 0. The van der Waals surface area contributed by atoms with Crippen molar-refractivity contribution in [2.24, 2.45) is 0 Å². The summed E-state index contributed by atoms with van der Waals surface area (Å²) in [5, 5.41) is 3.44. The Morgan fingerprint density at radius 2 is 2.21 bits per heavy atom. The average Bonchev–Trinajstić information content (AvgIpc) is 3.30. The fourth-order valence-corrected chi connectivity index (χ4v) is 3.78. The summed E-state index contributed by atoms with van der Waals surface area (Å²) < 4.78 is 16.3. The molecule has 1 N–H and O–H groups in total. The van der Waals surface area contributed by atoms with Gasteiger partial charge in [-0.05, 0) is 37.0 Å². The molecule has 24 heavy (non-hydrogen) atoms. The molecule has 1 amide bonds. The molecule has 1 saturated carbocycles. The van der Waals surface area contributed by atoms with Crippen LogP contribution in [0, 0.1) is 5.82 Å². The number of amides is 1. The number of hydrogen-bond donors (Lipinski definition) is 1. The number of fused-ring (bicyclic) bond motifs is 1. The highest BCUT2D eigenvalue weighted by atomic mass is 32.2. The van der Waals surface area contributed by atoms with E-state index < -0.39 is 5.82 Å². The van der Waals surface area contributed by atoms with Gasteiger partial charge in [0.2, 0.25) is 5.91 Å². The lowest BCUT2D eigenvalue weighted by atomic mass is 9.98. The number of ketones is 1. The molecule has 4 rings (SSSR count). The quantitative estimate of drug-likeness (QED) is 0.668. The Kier molecular flexibility index (Phi) is 3.88. The number of carbonyl (C=O) groups excluding carboxylic acids is 2. The molecule has 0 spiro atoms. The van der Waals surface area contributed by atoms with E-state index in [9.17, 15) is 14.0 Å². The highest BCUT2D eigenvalue weighted by Crippen LogP contribution is 2.37. The number of halogens is 1. The first-order chi connectivity index (χ1) is 11.6. The van der Waals surface area contributed by atoms with Gasteiger partial charge in [0.05, 0.1) is 11.3 Å². The van der Waals surface area contributed by atoms with E-state index in [2.05, 4.69) is 14.9 Å². The topological polar surface area (TPSA) is 64.0 Å². The number of imidazole rings is 1. The highest BCUT2D eigenvalue weighted by molar-refractivity contribution is 7.99. The standard InChI is InChI=1S/C17H16FN3O2S/c18-13-8-14-10(1-4-16(23)20-14)7-12(13)15(22)9-24-17-19-5-6-21(17)11-2-3-11/h5-8,11H,1-4,9H2,(H,20,23). The summed E-state index contributed by atoms with van der Waals surface area (Å²) >= 11 is 1.34. The van der Waals surface area contributed by atoms with Crippen molar-refractivity contribution < 1.29 is 14.0 Å². The molecule has 0 bridgehead atoms.